The Morgan fingerprint density at radius 1 is 1.33 bits per heavy atom. The Labute approximate surface area is 111 Å². The summed E-state index contributed by atoms with van der Waals surface area (Å²) in [7, 11) is 0. The summed E-state index contributed by atoms with van der Waals surface area (Å²) >= 11 is 0. The topological polar surface area (TPSA) is 34.4 Å². The molecule has 104 valence electrons. The van der Waals surface area contributed by atoms with Crippen LogP contribution in [0.4, 0.5) is 0 Å². The van der Waals surface area contributed by atoms with Crippen LogP contribution in [0.5, 0.6) is 0 Å². The standard InChI is InChI=1S/C15H27NO2/c1-12(2)16-9-13-8-14(18-10-13)11-17-7-6-15(3,4)5/h8,10,12,16H,6-7,9,11H2,1-5H3. The predicted molar refractivity (Wildman–Crippen MR) is 74.4 cm³/mol. The van der Waals surface area contributed by atoms with E-state index in [1.807, 2.05) is 0 Å². The number of furan rings is 1. The zero-order valence-corrected chi connectivity index (χ0v) is 12.4. The number of hydrogen-bond donors (Lipinski definition) is 1. The van der Waals surface area contributed by atoms with Crippen LogP contribution in [-0.2, 0) is 17.9 Å². The van der Waals surface area contributed by atoms with Gasteiger partial charge in [0.25, 0.3) is 0 Å². The molecule has 0 unspecified atom stereocenters. The average molecular weight is 253 g/mol. The third kappa shape index (κ3) is 6.82. The summed E-state index contributed by atoms with van der Waals surface area (Å²) in [5.74, 6) is 0.907. The second-order valence-electron chi connectivity index (χ2n) is 6.32. The fourth-order valence-corrected chi connectivity index (χ4v) is 1.47. The Balaban J connectivity index is 2.23. The molecule has 0 spiro atoms. The van der Waals surface area contributed by atoms with Crippen LogP contribution in [-0.4, -0.2) is 12.6 Å². The quantitative estimate of drug-likeness (QED) is 0.752. The molecule has 18 heavy (non-hydrogen) atoms. The summed E-state index contributed by atoms with van der Waals surface area (Å²) in [5.41, 5.74) is 1.51. The molecule has 0 aromatic carbocycles. The fraction of sp³-hybridized carbons (Fsp3) is 0.733. The maximum atomic E-state index is 5.62. The summed E-state index contributed by atoms with van der Waals surface area (Å²) in [6, 6.07) is 2.55. The first-order valence-corrected chi connectivity index (χ1v) is 6.74. The molecule has 3 heteroatoms. The number of ether oxygens (including phenoxy) is 1. The maximum absolute atomic E-state index is 5.62. The molecular formula is C15H27NO2. The second kappa shape index (κ2) is 6.95. The molecule has 0 fully saturated rings. The fourth-order valence-electron chi connectivity index (χ4n) is 1.47. The van der Waals surface area contributed by atoms with E-state index in [0.29, 0.717) is 18.1 Å². The van der Waals surface area contributed by atoms with Crippen LogP contribution in [0.25, 0.3) is 0 Å². The first-order valence-electron chi connectivity index (χ1n) is 6.74. The molecular weight excluding hydrogens is 226 g/mol. The van der Waals surface area contributed by atoms with Crippen molar-refractivity contribution >= 4 is 0 Å². The van der Waals surface area contributed by atoms with E-state index in [-0.39, 0.29) is 0 Å². The van der Waals surface area contributed by atoms with Crippen molar-refractivity contribution in [1.29, 1.82) is 0 Å². The Morgan fingerprint density at radius 2 is 2.06 bits per heavy atom. The molecule has 1 aromatic heterocycles. The van der Waals surface area contributed by atoms with Gasteiger partial charge in [0.1, 0.15) is 12.4 Å². The van der Waals surface area contributed by atoms with Crippen molar-refractivity contribution in [3.63, 3.8) is 0 Å². The molecule has 1 heterocycles. The Morgan fingerprint density at radius 3 is 2.67 bits per heavy atom. The molecule has 0 aliphatic rings. The number of nitrogens with one attached hydrogen (secondary N) is 1. The molecule has 0 amide bonds. The predicted octanol–water partition coefficient (Wildman–Crippen LogP) is 3.73. The van der Waals surface area contributed by atoms with Crippen molar-refractivity contribution in [2.24, 2.45) is 5.41 Å². The number of rotatable bonds is 7. The summed E-state index contributed by atoms with van der Waals surface area (Å²) in [6.07, 6.45) is 2.87. The molecule has 1 rings (SSSR count). The molecule has 0 aliphatic carbocycles. The molecule has 0 saturated heterocycles. The molecule has 0 saturated carbocycles. The third-order valence-electron chi connectivity index (χ3n) is 2.66. The highest BCUT2D eigenvalue weighted by Gasteiger charge is 2.10. The second-order valence-corrected chi connectivity index (χ2v) is 6.32. The van der Waals surface area contributed by atoms with E-state index >= 15 is 0 Å². The van der Waals surface area contributed by atoms with Gasteiger partial charge in [-0.1, -0.05) is 34.6 Å². The summed E-state index contributed by atoms with van der Waals surface area (Å²) in [6.45, 7) is 13.1. The van der Waals surface area contributed by atoms with E-state index < -0.39 is 0 Å². The maximum Gasteiger partial charge on any atom is 0.129 e. The van der Waals surface area contributed by atoms with Gasteiger partial charge in [-0.15, -0.1) is 0 Å². The normalized spacial score (nSPS) is 12.3. The monoisotopic (exact) mass is 253 g/mol. The van der Waals surface area contributed by atoms with E-state index in [1.165, 1.54) is 5.56 Å². The lowest BCUT2D eigenvalue weighted by molar-refractivity contribution is 0.0844. The minimum atomic E-state index is 0.329. The van der Waals surface area contributed by atoms with E-state index in [2.05, 4.69) is 46.0 Å². The summed E-state index contributed by atoms with van der Waals surface area (Å²) < 4.78 is 11.1. The van der Waals surface area contributed by atoms with Gasteiger partial charge < -0.3 is 14.5 Å². The third-order valence-corrected chi connectivity index (χ3v) is 2.66. The molecule has 0 bridgehead atoms. The molecule has 0 atom stereocenters. The first kappa shape index (κ1) is 15.3. The molecule has 1 N–H and O–H groups in total. The van der Waals surface area contributed by atoms with Crippen molar-refractivity contribution in [2.75, 3.05) is 6.61 Å². The van der Waals surface area contributed by atoms with Crippen LogP contribution in [0.15, 0.2) is 16.7 Å². The van der Waals surface area contributed by atoms with Crippen LogP contribution in [0.2, 0.25) is 0 Å². The van der Waals surface area contributed by atoms with Gasteiger partial charge in [-0.05, 0) is 17.9 Å². The van der Waals surface area contributed by atoms with Gasteiger partial charge in [0.15, 0.2) is 0 Å². The van der Waals surface area contributed by atoms with Crippen molar-refractivity contribution in [2.45, 2.75) is 60.2 Å². The van der Waals surface area contributed by atoms with Gasteiger partial charge in [-0.3, -0.25) is 0 Å². The minimum Gasteiger partial charge on any atom is -0.467 e. The first-order chi connectivity index (χ1) is 8.37. The van der Waals surface area contributed by atoms with Gasteiger partial charge in [-0.2, -0.15) is 0 Å². The van der Waals surface area contributed by atoms with Gasteiger partial charge in [0.05, 0.1) is 6.26 Å². The molecule has 0 radical (unpaired) electrons. The highest BCUT2D eigenvalue weighted by Crippen LogP contribution is 2.18. The largest absolute Gasteiger partial charge is 0.467 e. The van der Waals surface area contributed by atoms with E-state index in [0.717, 1.165) is 25.3 Å². The van der Waals surface area contributed by atoms with Crippen LogP contribution in [0.1, 0.15) is 52.4 Å². The molecule has 0 aliphatic heterocycles. The highest BCUT2D eigenvalue weighted by atomic mass is 16.5. The van der Waals surface area contributed by atoms with Crippen molar-refractivity contribution < 1.29 is 9.15 Å². The van der Waals surface area contributed by atoms with Crippen LogP contribution in [0.3, 0.4) is 0 Å². The SMILES string of the molecule is CC(C)NCc1coc(COCCC(C)(C)C)c1. The van der Waals surface area contributed by atoms with Crippen molar-refractivity contribution in [3.8, 4) is 0 Å². The van der Waals surface area contributed by atoms with Crippen LogP contribution >= 0.6 is 0 Å². The lowest BCUT2D eigenvalue weighted by Crippen LogP contribution is -2.21. The number of hydrogen-bond acceptors (Lipinski definition) is 3. The molecule has 1 aromatic rings. The minimum absolute atomic E-state index is 0.329. The van der Waals surface area contributed by atoms with Gasteiger partial charge in [-0.25, -0.2) is 0 Å². The zero-order valence-electron chi connectivity index (χ0n) is 12.4. The lowest BCUT2D eigenvalue weighted by atomic mass is 9.93. The van der Waals surface area contributed by atoms with Crippen molar-refractivity contribution in [3.05, 3.63) is 23.7 Å². The zero-order chi connectivity index (χ0) is 13.6. The van der Waals surface area contributed by atoms with E-state index in [4.69, 9.17) is 9.15 Å². The van der Waals surface area contributed by atoms with Gasteiger partial charge in [0.2, 0.25) is 0 Å². The van der Waals surface area contributed by atoms with Gasteiger partial charge in [0, 0.05) is 24.8 Å². The van der Waals surface area contributed by atoms with E-state index in [1.54, 1.807) is 6.26 Å². The Kier molecular flexibility index (Phi) is 5.89. The van der Waals surface area contributed by atoms with Crippen LogP contribution in [0, 0.1) is 5.41 Å². The average Bonchev–Trinajstić information content (AvgIpc) is 2.68. The summed E-state index contributed by atoms with van der Waals surface area (Å²) in [4.78, 5) is 0. The Hall–Kier alpha value is -0.800. The van der Waals surface area contributed by atoms with Gasteiger partial charge >= 0.3 is 0 Å². The lowest BCUT2D eigenvalue weighted by Gasteiger charge is -2.17. The highest BCUT2D eigenvalue weighted by molar-refractivity contribution is 5.12. The summed E-state index contributed by atoms with van der Waals surface area (Å²) in [5, 5.41) is 3.36. The van der Waals surface area contributed by atoms with Crippen LogP contribution < -0.4 is 5.32 Å². The smallest absolute Gasteiger partial charge is 0.129 e. The Bertz CT molecular complexity index is 337. The molecule has 3 nitrogen and oxygen atoms in total. The van der Waals surface area contributed by atoms with Crippen molar-refractivity contribution in [1.82, 2.24) is 5.32 Å². The van der Waals surface area contributed by atoms with E-state index in [9.17, 15) is 0 Å².